The lowest BCUT2D eigenvalue weighted by Crippen LogP contribution is -2.51. The Balaban J connectivity index is 0.00000261. The third-order valence-corrected chi connectivity index (χ3v) is 5.81. The summed E-state index contributed by atoms with van der Waals surface area (Å²) >= 11 is 0. The Kier molecular flexibility index (Phi) is 8.71. The standard InChI is InChI=1S/C21H32N2O3.ClH/c1-25-19-11-10-17(16-20(19)26-2)6-5-9-21(24)23-14-12-22(13-15-23)18-7-3-4-8-18;/h10-11,16,18H,3-9,12-15H2,1-2H3;1H. The number of carbonyl (C=O) groups excluding carboxylic acids is 1. The number of carbonyl (C=O) groups is 1. The summed E-state index contributed by atoms with van der Waals surface area (Å²) in [5.41, 5.74) is 1.18. The van der Waals surface area contributed by atoms with Crippen LogP contribution in [0, 0.1) is 0 Å². The van der Waals surface area contributed by atoms with E-state index in [4.69, 9.17) is 9.47 Å². The van der Waals surface area contributed by atoms with Crippen LogP contribution in [0.1, 0.15) is 44.1 Å². The van der Waals surface area contributed by atoms with Crippen molar-refractivity contribution in [1.29, 1.82) is 0 Å². The molecule has 5 nitrogen and oxygen atoms in total. The van der Waals surface area contributed by atoms with Gasteiger partial charge in [-0.3, -0.25) is 9.69 Å². The molecule has 0 unspecified atom stereocenters. The molecule has 0 N–H and O–H groups in total. The molecule has 1 saturated heterocycles. The molecule has 1 aromatic rings. The summed E-state index contributed by atoms with van der Waals surface area (Å²) in [6, 6.07) is 6.76. The fourth-order valence-corrected chi connectivity index (χ4v) is 4.24. The van der Waals surface area contributed by atoms with Gasteiger partial charge in [0.15, 0.2) is 11.5 Å². The first-order valence-corrected chi connectivity index (χ1v) is 9.94. The van der Waals surface area contributed by atoms with Crippen LogP contribution in [0.5, 0.6) is 11.5 Å². The number of aryl methyl sites for hydroxylation is 1. The molecule has 6 heteroatoms. The van der Waals surface area contributed by atoms with Crippen LogP contribution in [0.25, 0.3) is 0 Å². The van der Waals surface area contributed by atoms with Crippen molar-refractivity contribution in [2.75, 3.05) is 40.4 Å². The lowest BCUT2D eigenvalue weighted by atomic mass is 10.1. The highest BCUT2D eigenvalue weighted by molar-refractivity contribution is 5.85. The van der Waals surface area contributed by atoms with Crippen molar-refractivity contribution in [1.82, 2.24) is 9.80 Å². The minimum atomic E-state index is 0. The largest absolute Gasteiger partial charge is 0.493 e. The van der Waals surface area contributed by atoms with Gasteiger partial charge in [0.05, 0.1) is 14.2 Å². The fraction of sp³-hybridized carbons (Fsp3) is 0.667. The van der Waals surface area contributed by atoms with Gasteiger partial charge < -0.3 is 14.4 Å². The number of nitrogens with zero attached hydrogens (tertiary/aromatic N) is 2. The smallest absolute Gasteiger partial charge is 0.222 e. The van der Waals surface area contributed by atoms with Gasteiger partial charge in [0.25, 0.3) is 0 Å². The van der Waals surface area contributed by atoms with Crippen LogP contribution >= 0.6 is 12.4 Å². The molecule has 152 valence electrons. The summed E-state index contributed by atoms with van der Waals surface area (Å²) in [7, 11) is 3.29. The van der Waals surface area contributed by atoms with Crippen LogP contribution in [0.15, 0.2) is 18.2 Å². The summed E-state index contributed by atoms with van der Waals surface area (Å²) in [5, 5.41) is 0. The predicted octanol–water partition coefficient (Wildman–Crippen LogP) is 3.54. The summed E-state index contributed by atoms with van der Waals surface area (Å²) in [6.07, 6.45) is 7.82. The van der Waals surface area contributed by atoms with Gasteiger partial charge in [0.2, 0.25) is 5.91 Å². The molecular formula is C21H33ClN2O3. The Hall–Kier alpha value is -1.46. The van der Waals surface area contributed by atoms with E-state index in [1.807, 2.05) is 18.2 Å². The summed E-state index contributed by atoms with van der Waals surface area (Å²) in [5.74, 6) is 1.79. The number of piperazine rings is 1. The molecule has 1 saturated carbocycles. The number of benzene rings is 1. The summed E-state index contributed by atoms with van der Waals surface area (Å²) in [4.78, 5) is 17.2. The Bertz CT molecular complexity index is 597. The van der Waals surface area contributed by atoms with Crippen LogP contribution in [0.4, 0.5) is 0 Å². The van der Waals surface area contributed by atoms with Crippen molar-refractivity contribution < 1.29 is 14.3 Å². The van der Waals surface area contributed by atoms with E-state index in [-0.39, 0.29) is 12.4 Å². The maximum atomic E-state index is 12.5. The molecule has 2 fully saturated rings. The van der Waals surface area contributed by atoms with Crippen LogP contribution in [0.2, 0.25) is 0 Å². The molecule has 0 aromatic heterocycles. The molecule has 1 aliphatic carbocycles. The monoisotopic (exact) mass is 396 g/mol. The van der Waals surface area contributed by atoms with Crippen molar-refractivity contribution in [3.63, 3.8) is 0 Å². The molecule has 0 spiro atoms. The molecule has 1 amide bonds. The molecule has 0 radical (unpaired) electrons. The maximum Gasteiger partial charge on any atom is 0.222 e. The first kappa shape index (κ1) is 21.8. The summed E-state index contributed by atoms with van der Waals surface area (Å²) in [6.45, 7) is 3.88. The number of amides is 1. The van der Waals surface area contributed by atoms with E-state index in [0.717, 1.165) is 56.6 Å². The quantitative estimate of drug-likeness (QED) is 0.707. The zero-order valence-corrected chi connectivity index (χ0v) is 17.4. The first-order valence-electron chi connectivity index (χ1n) is 9.94. The number of methoxy groups -OCH3 is 2. The van der Waals surface area contributed by atoms with Crippen molar-refractivity contribution in [2.24, 2.45) is 0 Å². The lowest BCUT2D eigenvalue weighted by molar-refractivity contribution is -0.133. The minimum absolute atomic E-state index is 0. The number of hydrogen-bond acceptors (Lipinski definition) is 4. The third-order valence-electron chi connectivity index (χ3n) is 5.81. The zero-order valence-electron chi connectivity index (χ0n) is 16.6. The van der Waals surface area contributed by atoms with Crippen LogP contribution in [0.3, 0.4) is 0 Å². The molecule has 2 aliphatic rings. The molecule has 1 aliphatic heterocycles. The van der Waals surface area contributed by atoms with Gasteiger partial charge in [0.1, 0.15) is 0 Å². The topological polar surface area (TPSA) is 42.0 Å². The molecule has 3 rings (SSSR count). The second-order valence-corrected chi connectivity index (χ2v) is 7.40. The SMILES string of the molecule is COc1ccc(CCCC(=O)N2CCN(C3CCCC3)CC2)cc1OC.Cl. The first-order chi connectivity index (χ1) is 12.7. The summed E-state index contributed by atoms with van der Waals surface area (Å²) < 4.78 is 10.6. The lowest BCUT2D eigenvalue weighted by Gasteiger charge is -2.38. The Labute approximate surface area is 169 Å². The van der Waals surface area contributed by atoms with E-state index in [0.29, 0.717) is 12.3 Å². The van der Waals surface area contributed by atoms with Gasteiger partial charge in [-0.1, -0.05) is 18.9 Å². The van der Waals surface area contributed by atoms with E-state index in [1.54, 1.807) is 14.2 Å². The van der Waals surface area contributed by atoms with Gasteiger partial charge in [-0.05, 0) is 43.4 Å². The van der Waals surface area contributed by atoms with Crippen molar-refractivity contribution >= 4 is 18.3 Å². The molecule has 0 atom stereocenters. The number of ether oxygens (including phenoxy) is 2. The molecule has 1 heterocycles. The number of rotatable bonds is 7. The molecule has 27 heavy (non-hydrogen) atoms. The van der Waals surface area contributed by atoms with Gasteiger partial charge in [-0.25, -0.2) is 0 Å². The molecular weight excluding hydrogens is 364 g/mol. The Morgan fingerprint density at radius 1 is 1.04 bits per heavy atom. The Morgan fingerprint density at radius 3 is 2.33 bits per heavy atom. The van der Waals surface area contributed by atoms with Crippen molar-refractivity contribution in [3.05, 3.63) is 23.8 Å². The highest BCUT2D eigenvalue weighted by atomic mass is 35.5. The third kappa shape index (κ3) is 5.76. The number of halogens is 1. The molecule has 1 aromatic carbocycles. The highest BCUT2D eigenvalue weighted by Gasteiger charge is 2.27. The Morgan fingerprint density at radius 2 is 1.70 bits per heavy atom. The fourth-order valence-electron chi connectivity index (χ4n) is 4.24. The van der Waals surface area contributed by atoms with Crippen molar-refractivity contribution in [2.45, 2.75) is 51.0 Å². The van der Waals surface area contributed by atoms with E-state index in [9.17, 15) is 4.79 Å². The van der Waals surface area contributed by atoms with Gasteiger partial charge in [-0.15, -0.1) is 12.4 Å². The zero-order chi connectivity index (χ0) is 18.4. The second-order valence-electron chi connectivity index (χ2n) is 7.40. The van der Waals surface area contributed by atoms with Gasteiger partial charge >= 0.3 is 0 Å². The second kappa shape index (κ2) is 10.8. The van der Waals surface area contributed by atoms with E-state index in [1.165, 1.54) is 31.2 Å². The van der Waals surface area contributed by atoms with E-state index in [2.05, 4.69) is 9.80 Å². The van der Waals surface area contributed by atoms with E-state index < -0.39 is 0 Å². The predicted molar refractivity (Wildman–Crippen MR) is 110 cm³/mol. The van der Waals surface area contributed by atoms with Crippen LogP contribution < -0.4 is 9.47 Å². The average molecular weight is 397 g/mol. The van der Waals surface area contributed by atoms with Crippen LogP contribution in [-0.2, 0) is 11.2 Å². The maximum absolute atomic E-state index is 12.5. The van der Waals surface area contributed by atoms with Crippen molar-refractivity contribution in [3.8, 4) is 11.5 Å². The highest BCUT2D eigenvalue weighted by Crippen LogP contribution is 2.28. The van der Waals surface area contributed by atoms with Gasteiger partial charge in [0, 0.05) is 38.6 Å². The van der Waals surface area contributed by atoms with Crippen LogP contribution in [-0.4, -0.2) is 62.1 Å². The average Bonchev–Trinajstić information content (AvgIpc) is 3.22. The van der Waals surface area contributed by atoms with E-state index >= 15 is 0 Å². The molecule has 0 bridgehead atoms. The normalized spacial score (nSPS) is 18.2. The minimum Gasteiger partial charge on any atom is -0.493 e. The number of hydrogen-bond donors (Lipinski definition) is 0. The van der Waals surface area contributed by atoms with Gasteiger partial charge in [-0.2, -0.15) is 0 Å².